The molecule has 0 saturated carbocycles. The number of benzene rings is 1. The van der Waals surface area contributed by atoms with Gasteiger partial charge < -0.3 is 15.0 Å². The van der Waals surface area contributed by atoms with E-state index in [0.717, 1.165) is 23.6 Å². The quantitative estimate of drug-likeness (QED) is 0.600. The molecule has 1 fully saturated rings. The van der Waals surface area contributed by atoms with Gasteiger partial charge in [0, 0.05) is 18.9 Å². The van der Waals surface area contributed by atoms with Crippen molar-refractivity contribution in [2.45, 2.75) is 25.5 Å². The zero-order chi connectivity index (χ0) is 18.7. The minimum absolute atomic E-state index is 0.0424. The number of aromatic amines is 1. The Labute approximate surface area is 146 Å². The maximum absolute atomic E-state index is 12.5. The van der Waals surface area contributed by atoms with Crippen LogP contribution in [0, 0.1) is 10.1 Å². The summed E-state index contributed by atoms with van der Waals surface area (Å²) >= 11 is 0. The van der Waals surface area contributed by atoms with Gasteiger partial charge in [0.25, 0.3) is 17.2 Å². The Kier molecular flexibility index (Phi) is 4.94. The number of nitrogens with zero attached hydrogens (tertiary/aromatic N) is 2. The van der Waals surface area contributed by atoms with Crippen molar-refractivity contribution in [1.29, 1.82) is 0 Å². The molecule has 10 nitrogen and oxygen atoms in total. The predicted molar refractivity (Wildman–Crippen MR) is 91.3 cm³/mol. The Morgan fingerprint density at radius 2 is 2.15 bits per heavy atom. The van der Waals surface area contributed by atoms with E-state index in [1.807, 2.05) is 0 Å². The number of hydrogen-bond donors (Lipinski definition) is 2. The lowest BCUT2D eigenvalue weighted by Crippen LogP contribution is -2.41. The van der Waals surface area contributed by atoms with Gasteiger partial charge in [0.2, 0.25) is 0 Å². The van der Waals surface area contributed by atoms with E-state index in [1.165, 1.54) is 24.3 Å². The molecule has 136 valence electrons. The molecule has 2 N–H and O–H groups in total. The van der Waals surface area contributed by atoms with Gasteiger partial charge in [0.05, 0.1) is 17.6 Å². The highest BCUT2D eigenvalue weighted by molar-refractivity contribution is 6.04. The molecule has 1 aromatic carbocycles. The Balaban J connectivity index is 1.89. The monoisotopic (exact) mass is 360 g/mol. The highest BCUT2D eigenvalue weighted by atomic mass is 16.6. The number of nitro groups is 1. The van der Waals surface area contributed by atoms with Crippen molar-refractivity contribution in [3.05, 3.63) is 67.0 Å². The van der Waals surface area contributed by atoms with Crippen LogP contribution in [-0.2, 0) is 11.3 Å². The number of rotatable bonds is 5. The number of carbonyl (C=O) groups is 1. The lowest BCUT2D eigenvalue weighted by atomic mass is 10.2. The van der Waals surface area contributed by atoms with Crippen LogP contribution >= 0.6 is 0 Å². The summed E-state index contributed by atoms with van der Waals surface area (Å²) in [6.07, 6.45) is 2.30. The average Bonchev–Trinajstić information content (AvgIpc) is 3.12. The largest absolute Gasteiger partial charge is 0.376 e. The summed E-state index contributed by atoms with van der Waals surface area (Å²) in [6, 6.07) is 5.57. The highest BCUT2D eigenvalue weighted by Gasteiger charge is 2.22. The van der Waals surface area contributed by atoms with Gasteiger partial charge in [0.1, 0.15) is 11.3 Å². The van der Waals surface area contributed by atoms with Gasteiger partial charge in [-0.05, 0) is 18.9 Å². The smallest absolute Gasteiger partial charge is 0.328 e. The number of H-pyrrole nitrogens is 1. The van der Waals surface area contributed by atoms with Crippen LogP contribution in [0.25, 0.3) is 0 Å². The molecule has 1 atom stereocenters. The maximum atomic E-state index is 12.5. The number of nitro benzene ring substituents is 1. The Morgan fingerprint density at radius 1 is 1.38 bits per heavy atom. The van der Waals surface area contributed by atoms with E-state index in [2.05, 4.69) is 10.3 Å². The third-order valence-electron chi connectivity index (χ3n) is 4.06. The zero-order valence-corrected chi connectivity index (χ0v) is 13.6. The molecule has 10 heteroatoms. The first-order chi connectivity index (χ1) is 12.5. The fourth-order valence-corrected chi connectivity index (χ4v) is 2.76. The van der Waals surface area contributed by atoms with Crippen molar-refractivity contribution in [3.8, 4) is 0 Å². The van der Waals surface area contributed by atoms with Crippen molar-refractivity contribution >= 4 is 17.3 Å². The number of carbonyl (C=O) groups excluding carboxylic acids is 1. The highest BCUT2D eigenvalue weighted by Crippen LogP contribution is 2.23. The second-order valence-corrected chi connectivity index (χ2v) is 5.79. The number of amides is 1. The summed E-state index contributed by atoms with van der Waals surface area (Å²) in [6.45, 7) is 0.607. The topological polar surface area (TPSA) is 136 Å². The summed E-state index contributed by atoms with van der Waals surface area (Å²) in [4.78, 5) is 49.6. The van der Waals surface area contributed by atoms with Crippen LogP contribution in [0.4, 0.5) is 11.4 Å². The summed E-state index contributed by atoms with van der Waals surface area (Å²) in [7, 11) is 0. The number of aromatic nitrogens is 2. The molecule has 0 aliphatic carbocycles. The van der Waals surface area contributed by atoms with E-state index in [1.54, 1.807) is 0 Å². The van der Waals surface area contributed by atoms with Crippen LogP contribution in [0.15, 0.2) is 40.1 Å². The molecule has 3 rings (SSSR count). The summed E-state index contributed by atoms with van der Waals surface area (Å²) in [5.41, 5.74) is -2.09. The molecule has 2 heterocycles. The van der Waals surface area contributed by atoms with Crippen molar-refractivity contribution in [3.63, 3.8) is 0 Å². The minimum Gasteiger partial charge on any atom is -0.376 e. The van der Waals surface area contributed by atoms with Crippen LogP contribution in [0.5, 0.6) is 0 Å². The summed E-state index contributed by atoms with van der Waals surface area (Å²) in [5.74, 6) is -0.846. The third kappa shape index (κ3) is 3.54. The summed E-state index contributed by atoms with van der Waals surface area (Å²) < 4.78 is 6.32. The molecule has 0 spiro atoms. The average molecular weight is 360 g/mol. The predicted octanol–water partition coefficient (Wildman–Crippen LogP) is 0.876. The molecular weight excluding hydrogens is 344 g/mol. The van der Waals surface area contributed by atoms with Gasteiger partial charge in [-0.2, -0.15) is 0 Å². The van der Waals surface area contributed by atoms with Gasteiger partial charge in [-0.15, -0.1) is 0 Å². The van der Waals surface area contributed by atoms with Crippen LogP contribution < -0.4 is 16.6 Å². The number of hydrogen-bond acceptors (Lipinski definition) is 6. The minimum atomic E-state index is -0.846. The van der Waals surface area contributed by atoms with Gasteiger partial charge in [-0.1, -0.05) is 12.1 Å². The van der Waals surface area contributed by atoms with Crippen molar-refractivity contribution in [2.75, 3.05) is 11.9 Å². The van der Waals surface area contributed by atoms with E-state index in [-0.39, 0.29) is 29.6 Å². The number of anilines is 1. The van der Waals surface area contributed by atoms with Gasteiger partial charge in [-0.3, -0.25) is 24.3 Å². The van der Waals surface area contributed by atoms with Gasteiger partial charge >= 0.3 is 5.69 Å². The molecule has 26 heavy (non-hydrogen) atoms. The van der Waals surface area contributed by atoms with E-state index in [4.69, 9.17) is 4.74 Å². The lowest BCUT2D eigenvalue weighted by Gasteiger charge is -2.12. The molecule has 1 aromatic heterocycles. The van der Waals surface area contributed by atoms with E-state index in [0.29, 0.717) is 6.61 Å². The lowest BCUT2D eigenvalue weighted by molar-refractivity contribution is -0.383. The van der Waals surface area contributed by atoms with Gasteiger partial charge in [0.15, 0.2) is 0 Å². The van der Waals surface area contributed by atoms with E-state index in [9.17, 15) is 24.5 Å². The Morgan fingerprint density at radius 3 is 2.85 bits per heavy atom. The third-order valence-corrected chi connectivity index (χ3v) is 4.06. The standard InChI is InChI=1S/C16H16N4O6/c21-14(18-12-5-1-2-6-13(12)20(24)25)11-8-17-16(23)19(15(11)22)9-10-4-3-7-26-10/h1-2,5-6,8,10H,3-4,7,9H2,(H,17,23)(H,18,21). The van der Waals surface area contributed by atoms with Crippen molar-refractivity contribution < 1.29 is 14.5 Å². The van der Waals surface area contributed by atoms with Crippen LogP contribution in [0.3, 0.4) is 0 Å². The number of nitrogens with one attached hydrogen (secondary N) is 2. The van der Waals surface area contributed by atoms with Crippen LogP contribution in [0.1, 0.15) is 23.2 Å². The first kappa shape index (κ1) is 17.5. The van der Waals surface area contributed by atoms with Crippen LogP contribution in [-0.4, -0.2) is 33.1 Å². The number of ether oxygens (including phenoxy) is 1. The molecule has 0 bridgehead atoms. The Hall–Kier alpha value is -3.27. The Bertz CT molecular complexity index is 958. The normalized spacial score (nSPS) is 16.4. The molecule has 1 unspecified atom stereocenters. The maximum Gasteiger partial charge on any atom is 0.328 e. The van der Waals surface area contributed by atoms with Crippen molar-refractivity contribution in [2.24, 2.45) is 0 Å². The molecule has 2 aromatic rings. The second kappa shape index (κ2) is 7.31. The van der Waals surface area contributed by atoms with E-state index < -0.39 is 22.1 Å². The second-order valence-electron chi connectivity index (χ2n) is 5.79. The van der Waals surface area contributed by atoms with Crippen LogP contribution in [0.2, 0.25) is 0 Å². The molecule has 1 saturated heterocycles. The fourth-order valence-electron chi connectivity index (χ4n) is 2.76. The van der Waals surface area contributed by atoms with E-state index >= 15 is 0 Å². The SMILES string of the molecule is O=C(Nc1ccccc1[N+](=O)[O-])c1c[nH]c(=O)n(CC2CCCO2)c1=O. The van der Waals surface area contributed by atoms with Crippen molar-refractivity contribution in [1.82, 2.24) is 9.55 Å². The first-order valence-electron chi connectivity index (χ1n) is 7.96. The number of para-hydroxylation sites is 2. The molecule has 1 aliphatic heterocycles. The molecule has 0 radical (unpaired) electrons. The van der Waals surface area contributed by atoms with Gasteiger partial charge in [-0.25, -0.2) is 4.79 Å². The molecular formula is C16H16N4O6. The summed E-state index contributed by atoms with van der Waals surface area (Å²) in [5, 5.41) is 13.4. The zero-order valence-electron chi connectivity index (χ0n) is 13.6. The fraction of sp³-hybridized carbons (Fsp3) is 0.312. The molecule has 1 aliphatic rings. The first-order valence-corrected chi connectivity index (χ1v) is 7.96. The molecule has 1 amide bonds.